The van der Waals surface area contributed by atoms with Gasteiger partial charge in [0, 0.05) is 34.6 Å². The molecular formula is C16H16N2O. The van der Waals surface area contributed by atoms with Gasteiger partial charge in [-0.1, -0.05) is 13.8 Å². The van der Waals surface area contributed by atoms with Crippen LogP contribution in [0, 0.1) is 0 Å². The summed E-state index contributed by atoms with van der Waals surface area (Å²) in [5.74, 6) is 0.676. The Balaban J connectivity index is 2.36. The number of aromatic amines is 1. The number of fused-ring (bicyclic) bond motifs is 1. The maximum absolute atomic E-state index is 9.72. The second kappa shape index (κ2) is 4.43. The first kappa shape index (κ1) is 11.8. The fourth-order valence-electron chi connectivity index (χ4n) is 2.46. The van der Waals surface area contributed by atoms with Gasteiger partial charge in [-0.15, -0.1) is 0 Å². The third-order valence-electron chi connectivity index (χ3n) is 3.36. The van der Waals surface area contributed by atoms with E-state index >= 15 is 0 Å². The van der Waals surface area contributed by atoms with Gasteiger partial charge in [-0.25, -0.2) is 0 Å². The molecule has 0 unspecified atom stereocenters. The number of rotatable bonds is 2. The molecule has 0 radical (unpaired) electrons. The fourth-order valence-corrected chi connectivity index (χ4v) is 2.46. The minimum absolute atomic E-state index is 0.289. The Bertz CT molecular complexity index is 714. The van der Waals surface area contributed by atoms with Crippen molar-refractivity contribution in [3.8, 4) is 16.9 Å². The summed E-state index contributed by atoms with van der Waals surface area (Å²) in [6.07, 6.45) is 3.59. The van der Waals surface area contributed by atoms with E-state index in [0.717, 1.165) is 22.0 Å². The van der Waals surface area contributed by atoms with Gasteiger partial charge < -0.3 is 10.1 Å². The highest BCUT2D eigenvalue weighted by Gasteiger charge is 2.15. The highest BCUT2D eigenvalue weighted by molar-refractivity contribution is 5.98. The average molecular weight is 252 g/mol. The molecule has 3 aromatic rings. The van der Waals surface area contributed by atoms with Gasteiger partial charge in [-0.3, -0.25) is 4.98 Å². The number of phenols is 1. The molecule has 0 aliphatic rings. The molecule has 0 spiro atoms. The van der Waals surface area contributed by atoms with Crippen LogP contribution in [0.4, 0.5) is 0 Å². The van der Waals surface area contributed by atoms with Crippen molar-refractivity contribution in [1.82, 2.24) is 9.97 Å². The maximum atomic E-state index is 9.72. The van der Waals surface area contributed by atoms with Crippen LogP contribution in [0.1, 0.15) is 25.5 Å². The first-order chi connectivity index (χ1) is 9.16. The Morgan fingerprint density at radius 3 is 2.53 bits per heavy atom. The molecule has 2 heterocycles. The predicted molar refractivity (Wildman–Crippen MR) is 77.3 cm³/mol. The zero-order valence-corrected chi connectivity index (χ0v) is 11.0. The second-order valence-electron chi connectivity index (χ2n) is 5.03. The number of benzene rings is 1. The van der Waals surface area contributed by atoms with Crippen molar-refractivity contribution < 1.29 is 5.11 Å². The topological polar surface area (TPSA) is 48.9 Å². The van der Waals surface area contributed by atoms with Gasteiger partial charge in [-0.2, -0.15) is 0 Å². The standard InChI is InChI=1S/C16H16N2O/c1-10(2)16-15(11-5-7-17-8-6-11)13-9-12(19)3-4-14(13)18-16/h3-10,18-19H,1-2H3. The smallest absolute Gasteiger partial charge is 0.116 e. The molecule has 0 aliphatic carbocycles. The monoisotopic (exact) mass is 252 g/mol. The number of hydrogen-bond acceptors (Lipinski definition) is 2. The van der Waals surface area contributed by atoms with Crippen molar-refractivity contribution in [1.29, 1.82) is 0 Å². The van der Waals surface area contributed by atoms with E-state index in [9.17, 15) is 5.11 Å². The Hall–Kier alpha value is -2.29. The summed E-state index contributed by atoms with van der Waals surface area (Å²) >= 11 is 0. The lowest BCUT2D eigenvalue weighted by atomic mass is 9.98. The van der Waals surface area contributed by atoms with Gasteiger partial charge in [0.25, 0.3) is 0 Å². The Labute approximate surface area is 111 Å². The van der Waals surface area contributed by atoms with Crippen molar-refractivity contribution >= 4 is 10.9 Å². The van der Waals surface area contributed by atoms with Crippen molar-refractivity contribution in [3.63, 3.8) is 0 Å². The van der Waals surface area contributed by atoms with Crippen LogP contribution in [0.5, 0.6) is 5.75 Å². The minimum atomic E-state index is 0.289. The van der Waals surface area contributed by atoms with Gasteiger partial charge >= 0.3 is 0 Å². The van der Waals surface area contributed by atoms with Crippen LogP contribution in [0.3, 0.4) is 0 Å². The van der Waals surface area contributed by atoms with Crippen molar-refractivity contribution in [2.24, 2.45) is 0 Å². The lowest BCUT2D eigenvalue weighted by Crippen LogP contribution is -1.90. The Morgan fingerprint density at radius 1 is 1.11 bits per heavy atom. The van der Waals surface area contributed by atoms with Crippen LogP contribution in [-0.4, -0.2) is 15.1 Å². The predicted octanol–water partition coefficient (Wildman–Crippen LogP) is 4.06. The third kappa shape index (κ3) is 1.97. The van der Waals surface area contributed by atoms with Crippen molar-refractivity contribution in [3.05, 3.63) is 48.4 Å². The molecule has 3 nitrogen and oxygen atoms in total. The highest BCUT2D eigenvalue weighted by Crippen LogP contribution is 2.37. The molecule has 0 saturated heterocycles. The molecule has 2 N–H and O–H groups in total. The summed E-state index contributed by atoms with van der Waals surface area (Å²) in [7, 11) is 0. The SMILES string of the molecule is CC(C)c1[nH]c2ccc(O)cc2c1-c1ccncc1. The van der Waals surface area contributed by atoms with Crippen LogP contribution in [-0.2, 0) is 0 Å². The summed E-state index contributed by atoms with van der Waals surface area (Å²) in [5.41, 5.74) is 4.51. The first-order valence-electron chi connectivity index (χ1n) is 6.42. The number of phenolic OH excluding ortho intramolecular Hbond substituents is 1. The van der Waals surface area contributed by atoms with Crippen LogP contribution < -0.4 is 0 Å². The minimum Gasteiger partial charge on any atom is -0.508 e. The largest absolute Gasteiger partial charge is 0.508 e. The van der Waals surface area contributed by atoms with E-state index in [1.807, 2.05) is 24.3 Å². The van der Waals surface area contributed by atoms with E-state index in [0.29, 0.717) is 5.92 Å². The zero-order chi connectivity index (χ0) is 13.4. The number of aromatic hydroxyl groups is 1. The van der Waals surface area contributed by atoms with Gasteiger partial charge in [0.2, 0.25) is 0 Å². The maximum Gasteiger partial charge on any atom is 0.116 e. The Morgan fingerprint density at radius 2 is 1.84 bits per heavy atom. The molecule has 0 atom stereocenters. The molecule has 0 saturated carbocycles. The molecule has 96 valence electrons. The Kier molecular flexibility index (Phi) is 2.75. The summed E-state index contributed by atoms with van der Waals surface area (Å²) in [4.78, 5) is 7.53. The van der Waals surface area contributed by atoms with E-state index in [-0.39, 0.29) is 5.75 Å². The van der Waals surface area contributed by atoms with Gasteiger partial charge in [0.05, 0.1) is 0 Å². The fraction of sp³-hybridized carbons (Fsp3) is 0.188. The van der Waals surface area contributed by atoms with Crippen LogP contribution in [0.25, 0.3) is 22.0 Å². The van der Waals surface area contributed by atoms with Crippen molar-refractivity contribution in [2.75, 3.05) is 0 Å². The summed E-state index contributed by atoms with van der Waals surface area (Å²) in [6.45, 7) is 4.32. The van der Waals surface area contributed by atoms with E-state index in [1.54, 1.807) is 18.5 Å². The molecule has 0 fully saturated rings. The van der Waals surface area contributed by atoms with E-state index in [4.69, 9.17) is 0 Å². The van der Waals surface area contributed by atoms with Crippen LogP contribution >= 0.6 is 0 Å². The number of pyridine rings is 1. The number of aromatic nitrogens is 2. The van der Waals surface area contributed by atoms with E-state index in [1.165, 1.54) is 5.69 Å². The summed E-state index contributed by atoms with van der Waals surface area (Å²) < 4.78 is 0. The summed E-state index contributed by atoms with van der Waals surface area (Å²) in [5, 5.41) is 10.8. The van der Waals surface area contributed by atoms with Crippen LogP contribution in [0.2, 0.25) is 0 Å². The molecule has 3 rings (SSSR count). The zero-order valence-electron chi connectivity index (χ0n) is 11.0. The number of H-pyrrole nitrogens is 1. The molecular weight excluding hydrogens is 236 g/mol. The molecule has 0 aliphatic heterocycles. The highest BCUT2D eigenvalue weighted by atomic mass is 16.3. The third-order valence-corrected chi connectivity index (χ3v) is 3.36. The quantitative estimate of drug-likeness (QED) is 0.722. The lowest BCUT2D eigenvalue weighted by Gasteiger charge is -2.07. The number of hydrogen-bond donors (Lipinski definition) is 2. The van der Waals surface area contributed by atoms with E-state index < -0.39 is 0 Å². The second-order valence-corrected chi connectivity index (χ2v) is 5.03. The van der Waals surface area contributed by atoms with Crippen LogP contribution in [0.15, 0.2) is 42.7 Å². The number of nitrogens with one attached hydrogen (secondary N) is 1. The van der Waals surface area contributed by atoms with Gasteiger partial charge in [0.1, 0.15) is 5.75 Å². The van der Waals surface area contributed by atoms with Gasteiger partial charge in [0.15, 0.2) is 0 Å². The first-order valence-corrected chi connectivity index (χ1v) is 6.42. The normalized spacial score (nSPS) is 11.3. The van der Waals surface area contributed by atoms with Gasteiger partial charge in [-0.05, 0) is 41.8 Å². The van der Waals surface area contributed by atoms with E-state index in [2.05, 4.69) is 23.8 Å². The number of nitrogens with zero attached hydrogens (tertiary/aromatic N) is 1. The van der Waals surface area contributed by atoms with Crippen molar-refractivity contribution in [2.45, 2.75) is 19.8 Å². The molecule has 3 heteroatoms. The molecule has 2 aromatic heterocycles. The summed E-state index contributed by atoms with van der Waals surface area (Å²) in [6, 6.07) is 9.44. The molecule has 19 heavy (non-hydrogen) atoms. The molecule has 0 amide bonds. The lowest BCUT2D eigenvalue weighted by molar-refractivity contribution is 0.476. The average Bonchev–Trinajstić information content (AvgIpc) is 2.78. The molecule has 0 bridgehead atoms. The molecule has 1 aromatic carbocycles.